The van der Waals surface area contributed by atoms with Gasteiger partial charge in [0.05, 0.1) is 31.9 Å². The highest BCUT2D eigenvalue weighted by Gasteiger charge is 2.33. The molecule has 24 nitrogen and oxygen atoms in total. The summed E-state index contributed by atoms with van der Waals surface area (Å²) in [5, 5.41) is 33.0. The monoisotopic (exact) mass is 1080 g/mol. The van der Waals surface area contributed by atoms with Crippen LogP contribution < -0.4 is 32.1 Å². The summed E-state index contributed by atoms with van der Waals surface area (Å²) in [6, 6.07) is 4.11. The van der Waals surface area contributed by atoms with Crippen molar-refractivity contribution in [2.24, 2.45) is 0 Å². The number of nitrogens with zero attached hydrogens (tertiary/aromatic N) is 7. The van der Waals surface area contributed by atoms with Gasteiger partial charge < -0.3 is 64.9 Å². The first kappa shape index (κ1) is 63.1. The Morgan fingerprint density at radius 1 is 0.610 bits per heavy atom. The number of carbonyl (C=O) groups is 7. The second kappa shape index (κ2) is 33.7. The highest BCUT2D eigenvalue weighted by atomic mass is 16.5. The van der Waals surface area contributed by atoms with Crippen LogP contribution in [0.5, 0.6) is 0 Å². The fraction of sp³-hybridized carbons (Fsp3) is 0.623. The number of aldehydes is 2. The van der Waals surface area contributed by atoms with E-state index in [1.54, 1.807) is 16.8 Å². The van der Waals surface area contributed by atoms with Gasteiger partial charge in [-0.2, -0.15) is 15.0 Å². The van der Waals surface area contributed by atoms with Gasteiger partial charge >= 0.3 is 11.9 Å². The average molecular weight is 1080 g/mol. The van der Waals surface area contributed by atoms with Crippen molar-refractivity contribution in [3.05, 3.63) is 56.1 Å². The van der Waals surface area contributed by atoms with Crippen LogP contribution in [0.4, 0.5) is 29.0 Å². The number of carbonyl (C=O) groups excluding carboxylic acids is 5. The molecule has 4 rings (SSSR count). The normalized spacial score (nSPS) is 16.0. The zero-order chi connectivity index (χ0) is 56.3. The molecule has 4 unspecified atom stereocenters. The van der Waals surface area contributed by atoms with E-state index in [4.69, 9.17) is 9.47 Å². The minimum Gasteiger partial charge on any atom is -0.480 e. The van der Waals surface area contributed by atoms with Crippen molar-refractivity contribution in [2.75, 3.05) is 120 Å². The number of aliphatic carboxylic acids is 2. The number of carboxylic acids is 2. The molecule has 24 heteroatoms. The fourth-order valence-electron chi connectivity index (χ4n) is 9.10. The van der Waals surface area contributed by atoms with Gasteiger partial charge in [0.2, 0.25) is 11.9 Å². The van der Waals surface area contributed by atoms with E-state index < -0.39 is 47.0 Å². The topological polar surface area (TPSA) is 312 Å². The Labute approximate surface area is 449 Å². The van der Waals surface area contributed by atoms with E-state index in [1.165, 1.54) is 20.8 Å². The number of rotatable bonds is 36. The number of ketones is 3. The number of Topliss-reactive ketones (excluding diaryl/α,β-unsaturated/α-hetero) is 3. The molecule has 1 saturated heterocycles. The lowest BCUT2D eigenvalue weighted by Crippen LogP contribution is -2.55. The van der Waals surface area contributed by atoms with Gasteiger partial charge in [-0.25, -0.2) is 0 Å². The summed E-state index contributed by atoms with van der Waals surface area (Å²) in [7, 11) is 1.71. The molecule has 2 heterocycles. The third kappa shape index (κ3) is 21.5. The number of anilines is 5. The number of ether oxygens (including phenoxy) is 2. The smallest absolute Gasteiger partial charge is 0.320 e. The van der Waals surface area contributed by atoms with E-state index in [2.05, 4.69) is 36.2 Å². The Morgan fingerprint density at radius 2 is 1.08 bits per heavy atom. The van der Waals surface area contributed by atoms with Gasteiger partial charge in [0.1, 0.15) is 59.2 Å². The maximum Gasteiger partial charge on any atom is 0.320 e. The quantitative estimate of drug-likeness (QED) is 0.0276. The maximum atomic E-state index is 13.1. The van der Waals surface area contributed by atoms with Crippen LogP contribution in [0.1, 0.15) is 90.4 Å². The summed E-state index contributed by atoms with van der Waals surface area (Å²) in [4.78, 5) is 132. The molecule has 0 bridgehead atoms. The van der Waals surface area contributed by atoms with Crippen LogP contribution in [0.15, 0.2) is 33.9 Å². The van der Waals surface area contributed by atoms with Crippen LogP contribution >= 0.6 is 0 Å². The first-order valence-electron chi connectivity index (χ1n) is 26.5. The number of aromatic nitrogens is 3. The van der Waals surface area contributed by atoms with E-state index in [9.17, 15) is 53.4 Å². The standard InChI is InChI=1S/C53H79N11O13/c1-6-55-46-47(49(71)48(46)70)56-21-31-77-33-32-76-30-7-8-45-58-52(54-5)60-53(59-45)57-40-15-12-39(13-16-40)14-18-42(35-66)62-24-28-63(43(50(72)73)19-10-37(3)68)26-22-61(41(34-65)17-9-36(2)67)23-27-64(29-25-62)44(51(74)75)20-11-38(4)69/h12-13,15-16,34-35,41-44,55-56H,6-11,14,17-33H2,1-5H3,(H,72,73)(H,74,75)(H2,54,57,58,59,60). The molecule has 4 atom stereocenters. The van der Waals surface area contributed by atoms with Gasteiger partial charge in [0, 0.05) is 110 Å². The van der Waals surface area contributed by atoms with E-state index in [0.29, 0.717) is 100.0 Å². The SMILES string of the molecule is CCNc1c(NCCOCCOCCCc2nc(NC)nc(Nc3ccc(CCC(C=O)N4CCN(C(CCC(C)=O)C(=O)O)CCN(C(C=O)CCC(C)=O)CCN(C(CCC(C)=O)C(=O)O)CC4)cc3)n2)c(=O)c1=O. The Morgan fingerprint density at radius 3 is 1.56 bits per heavy atom. The van der Waals surface area contributed by atoms with Crippen LogP contribution in [0.3, 0.4) is 0 Å². The number of nitrogens with one attached hydrogen (secondary N) is 4. The van der Waals surface area contributed by atoms with Crippen LogP contribution in [0, 0.1) is 0 Å². The zero-order valence-electron chi connectivity index (χ0n) is 45.3. The summed E-state index contributed by atoms with van der Waals surface area (Å²) >= 11 is 0. The molecule has 1 aliphatic rings. The van der Waals surface area contributed by atoms with Crippen molar-refractivity contribution >= 4 is 70.8 Å². The average Bonchev–Trinajstić information content (AvgIpc) is 3.40. The fourth-order valence-corrected chi connectivity index (χ4v) is 9.10. The van der Waals surface area contributed by atoms with Gasteiger partial charge in [0.15, 0.2) is 0 Å². The molecule has 424 valence electrons. The van der Waals surface area contributed by atoms with Crippen LogP contribution in [-0.2, 0) is 55.9 Å². The van der Waals surface area contributed by atoms with E-state index in [-0.39, 0.29) is 108 Å². The highest BCUT2D eigenvalue weighted by molar-refractivity contribution is 5.79. The maximum absolute atomic E-state index is 13.1. The van der Waals surface area contributed by atoms with Crippen molar-refractivity contribution in [1.82, 2.24) is 34.6 Å². The molecule has 0 amide bonds. The van der Waals surface area contributed by atoms with E-state index >= 15 is 0 Å². The van der Waals surface area contributed by atoms with Crippen LogP contribution in [0.25, 0.3) is 0 Å². The predicted octanol–water partition coefficient (Wildman–Crippen LogP) is 2.07. The molecule has 0 saturated carbocycles. The van der Waals surface area contributed by atoms with Crippen molar-refractivity contribution in [3.63, 3.8) is 0 Å². The molecule has 1 aliphatic heterocycles. The molecule has 6 N–H and O–H groups in total. The van der Waals surface area contributed by atoms with E-state index in [0.717, 1.165) is 18.1 Å². The van der Waals surface area contributed by atoms with Gasteiger partial charge in [-0.1, -0.05) is 12.1 Å². The lowest BCUT2D eigenvalue weighted by Gasteiger charge is -2.39. The minimum atomic E-state index is -1.12. The second-order valence-corrected chi connectivity index (χ2v) is 19.2. The molecule has 0 radical (unpaired) electrons. The Hall–Kier alpha value is -6.44. The Bertz CT molecular complexity index is 2400. The lowest BCUT2D eigenvalue weighted by atomic mass is 10.0. The number of aryl methyl sites for hydroxylation is 2. The molecule has 2 aromatic carbocycles. The number of carboxylic acid groups (broad SMARTS) is 2. The largest absolute Gasteiger partial charge is 0.480 e. The first-order chi connectivity index (χ1) is 37.0. The van der Waals surface area contributed by atoms with Crippen molar-refractivity contribution in [3.8, 4) is 0 Å². The molecular formula is C53H79N11O13. The highest BCUT2D eigenvalue weighted by Crippen LogP contribution is 2.20. The summed E-state index contributed by atoms with van der Waals surface area (Å²) in [5.41, 5.74) is 1.19. The number of hydrogen-bond donors (Lipinski definition) is 6. The second-order valence-electron chi connectivity index (χ2n) is 19.2. The molecule has 3 aromatic rings. The predicted molar refractivity (Wildman–Crippen MR) is 290 cm³/mol. The zero-order valence-corrected chi connectivity index (χ0v) is 45.3. The van der Waals surface area contributed by atoms with E-state index in [1.807, 2.05) is 41.0 Å². The Balaban J connectivity index is 1.41. The summed E-state index contributed by atoms with van der Waals surface area (Å²) in [6.45, 7) is 9.97. The molecule has 0 aliphatic carbocycles. The first-order valence-corrected chi connectivity index (χ1v) is 26.5. The third-order valence-electron chi connectivity index (χ3n) is 13.5. The number of hydrogen-bond acceptors (Lipinski definition) is 22. The number of benzene rings is 1. The van der Waals surface area contributed by atoms with Crippen LogP contribution in [0.2, 0.25) is 0 Å². The van der Waals surface area contributed by atoms with Crippen molar-refractivity contribution in [1.29, 1.82) is 0 Å². The molecule has 0 spiro atoms. The summed E-state index contributed by atoms with van der Waals surface area (Å²) in [6.07, 6.45) is 4.13. The van der Waals surface area contributed by atoms with Gasteiger partial charge in [-0.3, -0.25) is 38.8 Å². The Kier molecular flexibility index (Phi) is 27.6. The molecular weight excluding hydrogens is 999 g/mol. The summed E-state index contributed by atoms with van der Waals surface area (Å²) in [5.74, 6) is -1.40. The van der Waals surface area contributed by atoms with Gasteiger partial charge in [-0.15, -0.1) is 0 Å². The molecule has 1 aromatic heterocycles. The van der Waals surface area contributed by atoms with Crippen molar-refractivity contribution < 1.29 is 53.2 Å². The van der Waals surface area contributed by atoms with Crippen molar-refractivity contribution in [2.45, 2.75) is 116 Å². The van der Waals surface area contributed by atoms with Gasteiger partial charge in [-0.05, 0) is 83.9 Å². The summed E-state index contributed by atoms with van der Waals surface area (Å²) < 4.78 is 11.3. The lowest BCUT2D eigenvalue weighted by molar-refractivity contribution is -0.144. The minimum absolute atomic E-state index is 0.0347. The molecule has 77 heavy (non-hydrogen) atoms. The van der Waals surface area contributed by atoms with Crippen LogP contribution in [-0.4, -0.2) is 210 Å². The third-order valence-corrected chi connectivity index (χ3v) is 13.5. The molecule has 1 fully saturated rings. The van der Waals surface area contributed by atoms with Gasteiger partial charge in [0.25, 0.3) is 10.9 Å².